The molecular formula is C57H99N2O7P. The second kappa shape index (κ2) is 46.6. The third-order valence-electron chi connectivity index (χ3n) is 11.2. The van der Waals surface area contributed by atoms with Crippen molar-refractivity contribution in [3.05, 3.63) is 97.2 Å². The van der Waals surface area contributed by atoms with Gasteiger partial charge in [-0.3, -0.25) is 14.2 Å². The van der Waals surface area contributed by atoms with Crippen molar-refractivity contribution in [1.82, 2.24) is 5.32 Å². The highest BCUT2D eigenvalue weighted by molar-refractivity contribution is 7.45. The molecule has 3 unspecified atom stereocenters. The molecule has 0 aliphatic rings. The predicted molar refractivity (Wildman–Crippen MR) is 284 cm³/mol. The Bertz CT molecular complexity index is 1470. The van der Waals surface area contributed by atoms with Crippen LogP contribution in [0.5, 0.6) is 0 Å². The molecule has 0 rings (SSSR count). The molecule has 0 fully saturated rings. The number of esters is 1. The number of rotatable bonds is 46. The second-order valence-corrected chi connectivity index (χ2v) is 20.2. The number of unbranched alkanes of at least 4 members (excludes halogenated alkanes) is 21. The number of carbonyl (C=O) groups excluding carboxylic acids is 2. The number of quaternary nitrogens is 1. The molecule has 0 bridgehead atoms. The van der Waals surface area contributed by atoms with Crippen LogP contribution in [-0.2, 0) is 27.9 Å². The Labute approximate surface area is 411 Å². The van der Waals surface area contributed by atoms with E-state index in [4.69, 9.17) is 13.8 Å². The molecule has 0 aromatic rings. The van der Waals surface area contributed by atoms with Crippen LogP contribution < -0.4 is 10.2 Å². The fourth-order valence-electron chi connectivity index (χ4n) is 7.02. The van der Waals surface area contributed by atoms with Crippen LogP contribution in [0.3, 0.4) is 0 Å². The monoisotopic (exact) mass is 955 g/mol. The topological polar surface area (TPSA) is 114 Å². The summed E-state index contributed by atoms with van der Waals surface area (Å²) in [6, 6.07) is -0.918. The van der Waals surface area contributed by atoms with E-state index in [1.54, 1.807) is 6.08 Å². The zero-order chi connectivity index (χ0) is 49.4. The van der Waals surface area contributed by atoms with Gasteiger partial charge in [-0.2, -0.15) is 0 Å². The van der Waals surface area contributed by atoms with Gasteiger partial charge in [-0.15, -0.1) is 0 Å². The van der Waals surface area contributed by atoms with E-state index in [1.165, 1.54) is 83.5 Å². The molecule has 384 valence electrons. The number of phosphoric acid groups is 1. The zero-order valence-electron chi connectivity index (χ0n) is 43.6. The molecule has 0 heterocycles. The predicted octanol–water partition coefficient (Wildman–Crippen LogP) is 15.0. The molecule has 3 atom stereocenters. The molecule has 0 saturated heterocycles. The number of ether oxygens (including phenoxy) is 1. The smallest absolute Gasteiger partial charge is 0.306 e. The molecule has 0 saturated carbocycles. The Morgan fingerprint density at radius 3 is 1.48 bits per heavy atom. The average Bonchev–Trinajstić information content (AvgIpc) is 3.28. The van der Waals surface area contributed by atoms with Crippen molar-refractivity contribution in [2.45, 2.75) is 213 Å². The minimum Gasteiger partial charge on any atom is -0.756 e. The Kier molecular flexibility index (Phi) is 44.5. The van der Waals surface area contributed by atoms with Crippen molar-refractivity contribution >= 4 is 19.7 Å². The summed E-state index contributed by atoms with van der Waals surface area (Å²) in [6.07, 6.45) is 60.9. The van der Waals surface area contributed by atoms with Gasteiger partial charge in [-0.1, -0.05) is 208 Å². The summed E-state index contributed by atoms with van der Waals surface area (Å²) in [5.41, 5.74) is 0. The highest BCUT2D eigenvalue weighted by Crippen LogP contribution is 2.38. The fourth-order valence-corrected chi connectivity index (χ4v) is 7.74. The molecule has 0 aromatic heterocycles. The largest absolute Gasteiger partial charge is 0.756 e. The molecule has 0 aliphatic heterocycles. The highest BCUT2D eigenvalue weighted by Gasteiger charge is 2.27. The van der Waals surface area contributed by atoms with Crippen LogP contribution in [-0.4, -0.2) is 69.4 Å². The van der Waals surface area contributed by atoms with Crippen LogP contribution in [0.15, 0.2) is 97.2 Å². The lowest BCUT2D eigenvalue weighted by molar-refractivity contribution is -0.870. The Hall–Kier alpha value is -3.07. The fraction of sp³-hybridized carbons (Fsp3) is 0.684. The normalized spacial score (nSPS) is 14.7. The minimum atomic E-state index is -4.71. The number of amides is 1. The van der Waals surface area contributed by atoms with E-state index >= 15 is 0 Å². The van der Waals surface area contributed by atoms with E-state index in [9.17, 15) is 19.0 Å². The van der Waals surface area contributed by atoms with Gasteiger partial charge in [0.2, 0.25) is 5.91 Å². The summed E-state index contributed by atoms with van der Waals surface area (Å²) in [5, 5.41) is 2.98. The molecular weight excluding hydrogens is 856 g/mol. The number of likely N-dealkylation sites (N-methyl/N-ethyl adjacent to an activating group) is 1. The summed E-state index contributed by atoms with van der Waals surface area (Å²) in [7, 11) is 1.13. The van der Waals surface area contributed by atoms with Gasteiger partial charge in [0, 0.05) is 12.8 Å². The van der Waals surface area contributed by atoms with E-state index in [0.717, 1.165) is 70.6 Å². The van der Waals surface area contributed by atoms with Crippen LogP contribution in [0.25, 0.3) is 0 Å². The lowest BCUT2D eigenvalue weighted by Gasteiger charge is -2.30. The third-order valence-corrected chi connectivity index (χ3v) is 12.1. The summed E-state index contributed by atoms with van der Waals surface area (Å²) < 4.78 is 30.1. The van der Waals surface area contributed by atoms with Crippen molar-refractivity contribution in [3.8, 4) is 0 Å². The van der Waals surface area contributed by atoms with Gasteiger partial charge in [-0.05, 0) is 76.7 Å². The van der Waals surface area contributed by atoms with Crippen LogP contribution in [0, 0.1) is 0 Å². The van der Waals surface area contributed by atoms with Gasteiger partial charge >= 0.3 is 5.97 Å². The average molecular weight is 955 g/mol. The SMILES string of the molecule is CC\C=C/C=C/C=C/C=C\C=C\C=C\CCCCCC(=O)OC(/C=C/CCCCCCCCCCC)C(COP(=O)([O-])OCC[N+](C)(C)C)NC(=O)CCCCC/C=C\CCCCCCCC. The van der Waals surface area contributed by atoms with Gasteiger partial charge in [-0.25, -0.2) is 0 Å². The molecule has 0 aromatic carbocycles. The van der Waals surface area contributed by atoms with Crippen LogP contribution >= 0.6 is 7.82 Å². The quantitative estimate of drug-likeness (QED) is 0.0161. The molecule has 1 amide bonds. The number of allylic oxidation sites excluding steroid dienone is 15. The highest BCUT2D eigenvalue weighted by atomic mass is 31.2. The molecule has 0 aliphatic carbocycles. The van der Waals surface area contributed by atoms with Crippen molar-refractivity contribution < 1.29 is 37.3 Å². The number of carbonyl (C=O) groups is 2. The number of nitrogens with zero attached hydrogens (tertiary/aromatic N) is 1. The standard InChI is InChI=1S/C57H99N2O7P/c1-7-10-13-16-19-22-25-27-28-29-30-32-35-38-41-44-47-50-57(61)66-55(48-45-42-39-36-33-24-21-18-15-12-9-3)54(53-65-67(62,63)64-52-51-59(4,5)6)58-56(60)49-46-43-40-37-34-31-26-23-20-17-14-11-8-2/h10,13,16,19,22,25,27-32,34-35,45,48,54-55H,7-9,11-12,14-15,17-18,20-21,23-24,26,33,36-44,46-47,49-53H2,1-6H3,(H-,58,60,62,63)/b13-10-,19-16+,25-22+,28-27-,30-29+,34-31-,35-32+,48-45+. The number of phosphoric ester groups is 1. The van der Waals surface area contributed by atoms with Gasteiger partial charge < -0.3 is 28.5 Å². The maximum absolute atomic E-state index is 13.4. The first-order valence-corrected chi connectivity index (χ1v) is 28.1. The van der Waals surface area contributed by atoms with Gasteiger partial charge in [0.15, 0.2) is 0 Å². The first-order valence-electron chi connectivity index (χ1n) is 26.6. The van der Waals surface area contributed by atoms with E-state index in [2.05, 4.69) is 50.4 Å². The maximum Gasteiger partial charge on any atom is 0.306 e. The Morgan fingerprint density at radius 1 is 0.537 bits per heavy atom. The van der Waals surface area contributed by atoms with Crippen LogP contribution in [0.1, 0.15) is 201 Å². The zero-order valence-corrected chi connectivity index (χ0v) is 44.5. The van der Waals surface area contributed by atoms with Crippen molar-refractivity contribution in [2.24, 2.45) is 0 Å². The lowest BCUT2D eigenvalue weighted by Crippen LogP contribution is -2.47. The Morgan fingerprint density at radius 2 is 0.970 bits per heavy atom. The summed E-state index contributed by atoms with van der Waals surface area (Å²) >= 11 is 0. The molecule has 0 radical (unpaired) electrons. The van der Waals surface area contributed by atoms with E-state index < -0.39 is 32.5 Å². The van der Waals surface area contributed by atoms with Crippen molar-refractivity contribution in [3.63, 3.8) is 0 Å². The first-order chi connectivity index (χ1) is 32.4. The number of hydrogen-bond donors (Lipinski definition) is 1. The third kappa shape index (κ3) is 47.8. The molecule has 1 N–H and O–H groups in total. The van der Waals surface area contributed by atoms with E-state index in [1.807, 2.05) is 88.0 Å². The van der Waals surface area contributed by atoms with Crippen molar-refractivity contribution in [1.29, 1.82) is 0 Å². The van der Waals surface area contributed by atoms with Crippen LogP contribution in [0.4, 0.5) is 0 Å². The number of hydrogen-bond acceptors (Lipinski definition) is 7. The van der Waals surface area contributed by atoms with Gasteiger partial charge in [0.25, 0.3) is 7.82 Å². The van der Waals surface area contributed by atoms with Gasteiger partial charge in [0.1, 0.15) is 19.3 Å². The van der Waals surface area contributed by atoms with E-state index in [-0.39, 0.29) is 25.4 Å². The minimum absolute atomic E-state index is 0.0375. The molecule has 9 nitrogen and oxygen atoms in total. The van der Waals surface area contributed by atoms with E-state index in [0.29, 0.717) is 23.9 Å². The molecule has 10 heteroatoms. The summed E-state index contributed by atoms with van der Waals surface area (Å²) in [6.45, 7) is 6.60. The second-order valence-electron chi connectivity index (χ2n) is 18.8. The summed E-state index contributed by atoms with van der Waals surface area (Å²) in [5.74, 6) is -0.621. The van der Waals surface area contributed by atoms with Crippen LogP contribution in [0.2, 0.25) is 0 Å². The molecule has 0 spiro atoms. The number of nitrogens with one attached hydrogen (secondary N) is 1. The molecule has 67 heavy (non-hydrogen) atoms. The van der Waals surface area contributed by atoms with Crippen molar-refractivity contribution in [2.75, 3.05) is 40.9 Å². The van der Waals surface area contributed by atoms with Gasteiger partial charge in [0.05, 0.1) is 33.8 Å². The Balaban J connectivity index is 5.52. The maximum atomic E-state index is 13.4. The lowest BCUT2D eigenvalue weighted by atomic mass is 10.1. The summed E-state index contributed by atoms with van der Waals surface area (Å²) in [4.78, 5) is 39.7. The first kappa shape index (κ1) is 63.9.